The number of aromatic nitrogens is 3. The van der Waals surface area contributed by atoms with E-state index in [4.69, 9.17) is 10.5 Å². The number of nitrogens with zero attached hydrogens (tertiary/aromatic N) is 3. The summed E-state index contributed by atoms with van der Waals surface area (Å²) in [5.41, 5.74) is 16.0. The molecule has 3 heterocycles. The number of nitrogens with two attached hydrogens (primary N) is 1. The maximum atomic E-state index is 13.4. The number of rotatable bonds is 10. The summed E-state index contributed by atoms with van der Waals surface area (Å²) in [4.78, 5) is 15.5. The van der Waals surface area contributed by atoms with Gasteiger partial charge >= 0.3 is 0 Å². The van der Waals surface area contributed by atoms with Gasteiger partial charge in [-0.05, 0) is 69.2 Å². The molecule has 2 aromatic carbocycles. The SMILES string of the molecule is COCCCn1c(C2CCCN(C(=O)C[C@H](N)Cc3ccc(-c4c(C)n[nH]c4C)cc3)C2)c(C)c2ccccc21. The number of nitrogens with one attached hydrogen (secondary N) is 1. The van der Waals surface area contributed by atoms with E-state index < -0.39 is 0 Å². The maximum absolute atomic E-state index is 13.4. The molecule has 1 aliphatic rings. The van der Waals surface area contributed by atoms with E-state index in [1.807, 2.05) is 13.8 Å². The molecule has 4 aromatic rings. The molecular formula is C33H43N5O2. The first-order chi connectivity index (χ1) is 19.4. The van der Waals surface area contributed by atoms with Gasteiger partial charge in [-0.15, -0.1) is 0 Å². The van der Waals surface area contributed by atoms with Crippen LogP contribution >= 0.6 is 0 Å². The molecule has 0 saturated carbocycles. The second kappa shape index (κ2) is 12.4. The van der Waals surface area contributed by atoms with Gasteiger partial charge in [0.1, 0.15) is 0 Å². The third-order valence-corrected chi connectivity index (χ3v) is 8.47. The Morgan fingerprint density at radius 1 is 1.15 bits per heavy atom. The van der Waals surface area contributed by atoms with E-state index in [2.05, 4.69) is 75.1 Å². The van der Waals surface area contributed by atoms with Crippen molar-refractivity contribution in [1.82, 2.24) is 19.7 Å². The average molecular weight is 542 g/mol. The van der Waals surface area contributed by atoms with Gasteiger partial charge in [0, 0.05) is 79.6 Å². The number of amides is 1. The minimum atomic E-state index is -0.210. The fraction of sp³-hybridized carbons (Fsp3) is 0.455. The number of H-pyrrole nitrogens is 1. The second-order valence-corrected chi connectivity index (χ2v) is 11.4. The lowest BCUT2D eigenvalue weighted by atomic mass is 9.91. The smallest absolute Gasteiger partial charge is 0.224 e. The van der Waals surface area contributed by atoms with Crippen LogP contribution in [0.25, 0.3) is 22.0 Å². The van der Waals surface area contributed by atoms with Crippen LogP contribution in [0.5, 0.6) is 0 Å². The monoisotopic (exact) mass is 541 g/mol. The zero-order valence-corrected chi connectivity index (χ0v) is 24.4. The Bertz CT molecular complexity index is 1430. The van der Waals surface area contributed by atoms with Crippen molar-refractivity contribution in [1.29, 1.82) is 0 Å². The molecule has 3 N–H and O–H groups in total. The molecule has 2 aromatic heterocycles. The lowest BCUT2D eigenvalue weighted by Crippen LogP contribution is -2.42. The van der Waals surface area contributed by atoms with Crippen LogP contribution < -0.4 is 5.73 Å². The quantitative estimate of drug-likeness (QED) is 0.254. The highest BCUT2D eigenvalue weighted by Gasteiger charge is 2.29. The highest BCUT2D eigenvalue weighted by Crippen LogP contribution is 2.36. The molecule has 7 nitrogen and oxygen atoms in total. The maximum Gasteiger partial charge on any atom is 0.224 e. The summed E-state index contributed by atoms with van der Waals surface area (Å²) >= 11 is 0. The number of carbonyl (C=O) groups is 1. The Kier molecular flexibility index (Phi) is 8.72. The number of para-hydroxylation sites is 1. The van der Waals surface area contributed by atoms with Crippen LogP contribution in [0.4, 0.5) is 0 Å². The van der Waals surface area contributed by atoms with Crippen LogP contribution in [0.1, 0.15) is 59.8 Å². The third-order valence-electron chi connectivity index (χ3n) is 8.47. The van der Waals surface area contributed by atoms with Gasteiger partial charge in [0.25, 0.3) is 0 Å². The van der Waals surface area contributed by atoms with Crippen LogP contribution in [0.2, 0.25) is 0 Å². The Balaban J connectivity index is 1.24. The predicted octanol–water partition coefficient (Wildman–Crippen LogP) is 5.66. The van der Waals surface area contributed by atoms with Crippen LogP contribution in [0.3, 0.4) is 0 Å². The predicted molar refractivity (Wildman–Crippen MR) is 162 cm³/mol. The fourth-order valence-corrected chi connectivity index (χ4v) is 6.57. The summed E-state index contributed by atoms with van der Waals surface area (Å²) in [5, 5.41) is 8.67. The molecule has 5 rings (SSSR count). The first-order valence-electron chi connectivity index (χ1n) is 14.6. The van der Waals surface area contributed by atoms with Gasteiger partial charge < -0.3 is 19.9 Å². The molecule has 7 heteroatoms. The van der Waals surface area contributed by atoms with E-state index >= 15 is 0 Å². The topological polar surface area (TPSA) is 89.2 Å². The lowest BCUT2D eigenvalue weighted by molar-refractivity contribution is -0.132. The van der Waals surface area contributed by atoms with E-state index in [0.717, 1.165) is 73.6 Å². The van der Waals surface area contributed by atoms with Crippen LogP contribution in [0, 0.1) is 20.8 Å². The largest absolute Gasteiger partial charge is 0.385 e. The van der Waals surface area contributed by atoms with Crippen molar-refractivity contribution >= 4 is 16.8 Å². The molecule has 1 amide bonds. The summed E-state index contributed by atoms with van der Waals surface area (Å²) in [6, 6.07) is 16.9. The minimum Gasteiger partial charge on any atom is -0.385 e. The van der Waals surface area contributed by atoms with Crippen LogP contribution in [-0.4, -0.2) is 58.4 Å². The van der Waals surface area contributed by atoms with Crippen molar-refractivity contribution < 1.29 is 9.53 Å². The Morgan fingerprint density at radius 2 is 1.93 bits per heavy atom. The number of methoxy groups -OCH3 is 1. The van der Waals surface area contributed by atoms with Crippen molar-refractivity contribution in [3.8, 4) is 11.1 Å². The third kappa shape index (κ3) is 5.86. The number of likely N-dealkylation sites (tertiary alicyclic amines) is 1. The summed E-state index contributed by atoms with van der Waals surface area (Å²) in [5.74, 6) is 0.490. The number of aryl methyl sites for hydroxylation is 4. The zero-order chi connectivity index (χ0) is 28.2. The molecule has 2 atom stereocenters. The molecular weight excluding hydrogens is 498 g/mol. The number of aromatic amines is 1. The normalized spacial score (nSPS) is 16.5. The van der Waals surface area contributed by atoms with E-state index in [0.29, 0.717) is 18.8 Å². The Labute approximate surface area is 237 Å². The zero-order valence-electron chi connectivity index (χ0n) is 24.4. The summed E-state index contributed by atoms with van der Waals surface area (Å²) < 4.78 is 7.82. The molecule has 0 radical (unpaired) electrons. The molecule has 0 spiro atoms. The van der Waals surface area contributed by atoms with Gasteiger partial charge in [-0.1, -0.05) is 42.5 Å². The van der Waals surface area contributed by atoms with Gasteiger partial charge in [-0.2, -0.15) is 5.10 Å². The molecule has 212 valence electrons. The molecule has 1 unspecified atom stereocenters. The standard InChI is InChI=1S/C33H43N5O2/c1-22-29-10-5-6-11-30(29)38(17-8-18-40-4)33(22)27-9-7-16-37(21-27)31(39)20-28(34)19-25-12-14-26(15-13-25)32-23(2)35-36-24(32)3/h5-6,10-15,27-28H,7-9,16-21,34H2,1-4H3,(H,35,36)/t27?,28-/m1/s1. The van der Waals surface area contributed by atoms with Gasteiger partial charge in [0.15, 0.2) is 0 Å². The fourth-order valence-electron chi connectivity index (χ4n) is 6.57. The average Bonchev–Trinajstić information content (AvgIpc) is 3.44. The summed E-state index contributed by atoms with van der Waals surface area (Å²) in [7, 11) is 1.76. The lowest BCUT2D eigenvalue weighted by Gasteiger charge is -2.34. The number of fused-ring (bicyclic) bond motifs is 1. The van der Waals surface area contributed by atoms with Crippen molar-refractivity contribution in [2.75, 3.05) is 26.8 Å². The van der Waals surface area contributed by atoms with Crippen molar-refractivity contribution in [3.05, 3.63) is 76.7 Å². The van der Waals surface area contributed by atoms with E-state index in [-0.39, 0.29) is 11.9 Å². The van der Waals surface area contributed by atoms with E-state index in [1.54, 1.807) is 7.11 Å². The van der Waals surface area contributed by atoms with Crippen LogP contribution in [0.15, 0.2) is 48.5 Å². The highest BCUT2D eigenvalue weighted by atomic mass is 16.5. The molecule has 40 heavy (non-hydrogen) atoms. The van der Waals surface area contributed by atoms with Gasteiger partial charge in [0.2, 0.25) is 5.91 Å². The van der Waals surface area contributed by atoms with Gasteiger partial charge in [0.05, 0.1) is 5.69 Å². The van der Waals surface area contributed by atoms with Crippen LogP contribution in [-0.2, 0) is 22.5 Å². The molecule has 1 fully saturated rings. The summed E-state index contributed by atoms with van der Waals surface area (Å²) in [6.07, 6.45) is 4.12. The van der Waals surface area contributed by atoms with Gasteiger partial charge in [-0.3, -0.25) is 9.89 Å². The Morgan fingerprint density at radius 3 is 2.65 bits per heavy atom. The first kappa shape index (κ1) is 28.1. The van der Waals surface area contributed by atoms with Gasteiger partial charge in [-0.25, -0.2) is 0 Å². The first-order valence-corrected chi connectivity index (χ1v) is 14.6. The molecule has 0 bridgehead atoms. The summed E-state index contributed by atoms with van der Waals surface area (Å²) in [6.45, 7) is 9.52. The number of piperidine rings is 1. The number of benzene rings is 2. The van der Waals surface area contributed by atoms with Crippen molar-refractivity contribution in [3.63, 3.8) is 0 Å². The molecule has 0 aliphatic carbocycles. The highest BCUT2D eigenvalue weighted by molar-refractivity contribution is 5.85. The van der Waals surface area contributed by atoms with E-state index in [9.17, 15) is 4.79 Å². The molecule has 1 aliphatic heterocycles. The van der Waals surface area contributed by atoms with Crippen molar-refractivity contribution in [2.45, 2.75) is 71.4 Å². The number of ether oxygens (including phenoxy) is 1. The minimum absolute atomic E-state index is 0.165. The molecule has 1 saturated heterocycles. The number of carbonyl (C=O) groups excluding carboxylic acids is 1. The number of hydrogen-bond acceptors (Lipinski definition) is 4. The van der Waals surface area contributed by atoms with E-state index in [1.165, 1.54) is 22.2 Å². The number of hydrogen-bond donors (Lipinski definition) is 2. The second-order valence-electron chi connectivity index (χ2n) is 11.4. The Hall–Kier alpha value is -3.42. The van der Waals surface area contributed by atoms with Crippen molar-refractivity contribution in [2.24, 2.45) is 5.73 Å².